The smallest absolute Gasteiger partial charge is 0.239 e. The van der Waals surface area contributed by atoms with E-state index in [9.17, 15) is 4.79 Å². The molecule has 0 radical (unpaired) electrons. The van der Waals surface area contributed by atoms with E-state index in [1.165, 1.54) is 38.5 Å². The van der Waals surface area contributed by atoms with Gasteiger partial charge in [-0.15, -0.1) is 0 Å². The van der Waals surface area contributed by atoms with Gasteiger partial charge in [0.05, 0.1) is 13.2 Å². The van der Waals surface area contributed by atoms with Crippen LogP contribution in [0.2, 0.25) is 0 Å². The molecule has 1 heterocycles. The van der Waals surface area contributed by atoms with Gasteiger partial charge in [0.2, 0.25) is 5.91 Å². The minimum absolute atomic E-state index is 0.103. The Morgan fingerprint density at radius 3 is 2.61 bits per heavy atom. The molecule has 2 fully saturated rings. The summed E-state index contributed by atoms with van der Waals surface area (Å²) in [5.41, 5.74) is 0. The van der Waals surface area contributed by atoms with Gasteiger partial charge in [-0.05, 0) is 25.7 Å². The van der Waals surface area contributed by atoms with Crippen molar-refractivity contribution in [2.24, 2.45) is 5.92 Å². The number of nitrogens with one attached hydrogen (secondary N) is 2. The van der Waals surface area contributed by atoms with Gasteiger partial charge < -0.3 is 15.4 Å². The van der Waals surface area contributed by atoms with Crippen molar-refractivity contribution in [2.45, 2.75) is 57.5 Å². The predicted molar refractivity (Wildman–Crippen MR) is 71.4 cm³/mol. The molecule has 1 aliphatic carbocycles. The standard InChI is InChI=1S/C14H26N2O2/c1-11(12-6-4-2-3-5-7-12)16-14(17)13-10-18-9-8-15-13/h11-13,15H,2-10H2,1H3,(H,16,17)/t11-,13?/m1/s1. The van der Waals surface area contributed by atoms with Crippen LogP contribution in [0.4, 0.5) is 0 Å². The van der Waals surface area contributed by atoms with Gasteiger partial charge in [-0.25, -0.2) is 0 Å². The fourth-order valence-electron chi connectivity index (χ4n) is 2.99. The zero-order valence-electron chi connectivity index (χ0n) is 11.4. The van der Waals surface area contributed by atoms with Crippen LogP contribution in [0, 0.1) is 5.92 Å². The van der Waals surface area contributed by atoms with Crippen LogP contribution in [0.3, 0.4) is 0 Å². The topological polar surface area (TPSA) is 50.4 Å². The quantitative estimate of drug-likeness (QED) is 0.750. The highest BCUT2D eigenvalue weighted by Crippen LogP contribution is 2.25. The zero-order chi connectivity index (χ0) is 12.8. The number of carbonyl (C=O) groups excluding carboxylic acids is 1. The van der Waals surface area contributed by atoms with Gasteiger partial charge in [-0.3, -0.25) is 4.79 Å². The second-order valence-corrected chi connectivity index (χ2v) is 5.63. The minimum Gasteiger partial charge on any atom is -0.378 e. The molecule has 104 valence electrons. The van der Waals surface area contributed by atoms with Crippen molar-refractivity contribution in [2.75, 3.05) is 19.8 Å². The largest absolute Gasteiger partial charge is 0.378 e. The molecule has 2 atom stereocenters. The number of rotatable bonds is 3. The number of ether oxygens (including phenoxy) is 1. The van der Waals surface area contributed by atoms with Crippen molar-refractivity contribution in [3.05, 3.63) is 0 Å². The minimum atomic E-state index is -0.160. The Morgan fingerprint density at radius 1 is 1.28 bits per heavy atom. The Labute approximate surface area is 110 Å². The normalized spacial score (nSPS) is 28.4. The van der Waals surface area contributed by atoms with E-state index >= 15 is 0 Å². The molecule has 0 aromatic heterocycles. The summed E-state index contributed by atoms with van der Waals surface area (Å²) in [4.78, 5) is 12.1. The van der Waals surface area contributed by atoms with E-state index in [-0.39, 0.29) is 11.9 Å². The van der Waals surface area contributed by atoms with Crippen molar-refractivity contribution < 1.29 is 9.53 Å². The van der Waals surface area contributed by atoms with Crippen LogP contribution in [-0.2, 0) is 9.53 Å². The zero-order valence-corrected chi connectivity index (χ0v) is 11.4. The molecule has 1 saturated heterocycles. The third kappa shape index (κ3) is 3.95. The van der Waals surface area contributed by atoms with Crippen molar-refractivity contribution >= 4 is 5.91 Å². The summed E-state index contributed by atoms with van der Waals surface area (Å²) in [6.45, 7) is 4.14. The molecular formula is C14H26N2O2. The molecule has 18 heavy (non-hydrogen) atoms. The molecule has 0 bridgehead atoms. The molecule has 2 N–H and O–H groups in total. The van der Waals surface area contributed by atoms with E-state index in [2.05, 4.69) is 17.6 Å². The van der Waals surface area contributed by atoms with E-state index in [1.54, 1.807) is 0 Å². The van der Waals surface area contributed by atoms with Gasteiger partial charge in [-0.1, -0.05) is 25.7 Å². The van der Waals surface area contributed by atoms with Gasteiger partial charge in [0, 0.05) is 12.6 Å². The van der Waals surface area contributed by atoms with Crippen LogP contribution in [0.5, 0.6) is 0 Å². The van der Waals surface area contributed by atoms with E-state index in [0.717, 1.165) is 6.54 Å². The van der Waals surface area contributed by atoms with Crippen LogP contribution in [-0.4, -0.2) is 37.7 Å². The van der Waals surface area contributed by atoms with Crippen molar-refractivity contribution in [3.8, 4) is 0 Å². The lowest BCUT2D eigenvalue weighted by atomic mass is 9.93. The van der Waals surface area contributed by atoms with E-state index in [1.807, 2.05) is 0 Å². The summed E-state index contributed by atoms with van der Waals surface area (Å²) in [7, 11) is 0. The van der Waals surface area contributed by atoms with Crippen LogP contribution < -0.4 is 10.6 Å². The molecule has 0 aromatic carbocycles. The van der Waals surface area contributed by atoms with Crippen molar-refractivity contribution in [3.63, 3.8) is 0 Å². The highest BCUT2D eigenvalue weighted by molar-refractivity contribution is 5.82. The first-order valence-corrected chi connectivity index (χ1v) is 7.39. The molecule has 4 nitrogen and oxygen atoms in total. The summed E-state index contributed by atoms with van der Waals surface area (Å²) in [6, 6.07) is 0.131. The lowest BCUT2D eigenvalue weighted by Gasteiger charge is -2.28. The average Bonchev–Trinajstić information content (AvgIpc) is 2.68. The van der Waals surface area contributed by atoms with Gasteiger partial charge >= 0.3 is 0 Å². The lowest BCUT2D eigenvalue weighted by molar-refractivity contribution is -0.126. The first-order valence-electron chi connectivity index (χ1n) is 7.39. The maximum atomic E-state index is 12.1. The molecule has 1 saturated carbocycles. The Balaban J connectivity index is 1.77. The highest BCUT2D eigenvalue weighted by atomic mass is 16.5. The van der Waals surface area contributed by atoms with Crippen molar-refractivity contribution in [1.82, 2.24) is 10.6 Å². The van der Waals surface area contributed by atoms with Crippen molar-refractivity contribution in [1.29, 1.82) is 0 Å². The number of carbonyl (C=O) groups is 1. The number of morpholine rings is 1. The Hall–Kier alpha value is -0.610. The second kappa shape index (κ2) is 7.10. The third-order valence-corrected chi connectivity index (χ3v) is 4.22. The highest BCUT2D eigenvalue weighted by Gasteiger charge is 2.25. The van der Waals surface area contributed by atoms with Crippen LogP contribution in [0.15, 0.2) is 0 Å². The van der Waals surface area contributed by atoms with Gasteiger partial charge in [0.1, 0.15) is 6.04 Å². The SMILES string of the molecule is C[C@@H](NC(=O)C1COCCN1)C1CCCCCC1. The van der Waals surface area contributed by atoms with E-state index in [4.69, 9.17) is 4.74 Å². The Bertz CT molecular complexity index is 257. The lowest BCUT2D eigenvalue weighted by Crippen LogP contribution is -2.53. The van der Waals surface area contributed by atoms with Gasteiger partial charge in [0.25, 0.3) is 0 Å². The maximum Gasteiger partial charge on any atom is 0.239 e. The Kier molecular flexibility index (Phi) is 5.45. The first-order chi connectivity index (χ1) is 8.77. The number of hydrogen-bond donors (Lipinski definition) is 2. The molecule has 2 aliphatic rings. The number of hydrogen-bond acceptors (Lipinski definition) is 3. The molecule has 2 rings (SSSR count). The van der Waals surface area contributed by atoms with Crippen LogP contribution in [0.1, 0.15) is 45.4 Å². The maximum absolute atomic E-state index is 12.1. The summed E-state index contributed by atoms with van der Waals surface area (Å²) in [5.74, 6) is 0.757. The van der Waals surface area contributed by atoms with E-state index < -0.39 is 0 Å². The molecule has 1 aliphatic heterocycles. The van der Waals surface area contributed by atoms with Gasteiger partial charge in [-0.2, -0.15) is 0 Å². The third-order valence-electron chi connectivity index (χ3n) is 4.22. The summed E-state index contributed by atoms with van der Waals surface area (Å²) < 4.78 is 5.33. The molecule has 1 amide bonds. The molecule has 0 spiro atoms. The molecule has 4 heteroatoms. The fraction of sp³-hybridized carbons (Fsp3) is 0.929. The summed E-state index contributed by atoms with van der Waals surface area (Å²) >= 11 is 0. The Morgan fingerprint density at radius 2 is 2.00 bits per heavy atom. The van der Waals surface area contributed by atoms with E-state index in [0.29, 0.717) is 25.2 Å². The first kappa shape index (κ1) is 13.8. The molecule has 0 aromatic rings. The summed E-state index contributed by atoms with van der Waals surface area (Å²) in [5, 5.41) is 6.37. The number of amides is 1. The predicted octanol–water partition coefficient (Wildman–Crippen LogP) is 1.45. The second-order valence-electron chi connectivity index (χ2n) is 5.63. The molecule has 1 unspecified atom stereocenters. The van der Waals surface area contributed by atoms with Gasteiger partial charge in [0.15, 0.2) is 0 Å². The van der Waals surface area contributed by atoms with Crippen LogP contribution in [0.25, 0.3) is 0 Å². The average molecular weight is 254 g/mol. The summed E-state index contributed by atoms with van der Waals surface area (Å²) in [6.07, 6.45) is 7.86. The fourth-order valence-corrected chi connectivity index (χ4v) is 2.99. The van der Waals surface area contributed by atoms with Crippen LogP contribution >= 0.6 is 0 Å². The monoisotopic (exact) mass is 254 g/mol. The molecular weight excluding hydrogens is 228 g/mol.